The van der Waals surface area contributed by atoms with E-state index in [-0.39, 0.29) is 0 Å². The van der Waals surface area contributed by atoms with Gasteiger partial charge < -0.3 is 10.8 Å². The standard InChI is InChI=1S/C8H18BNO2/c1-2-8(10,7(11)12)5-3-4-6-9/h2-6,9-10H2,1H3,(H,11,12)/t8-/m0/s1. The lowest BCUT2D eigenvalue weighted by Gasteiger charge is -2.22. The summed E-state index contributed by atoms with van der Waals surface area (Å²) in [7, 11) is 2.09. The number of carboxylic acids is 1. The molecule has 0 spiro atoms. The summed E-state index contributed by atoms with van der Waals surface area (Å²) < 4.78 is 0. The maximum atomic E-state index is 10.7. The Balaban J connectivity index is 3.88. The molecule has 12 heavy (non-hydrogen) atoms. The Hall–Kier alpha value is -0.505. The highest BCUT2D eigenvalue weighted by atomic mass is 16.4. The van der Waals surface area contributed by atoms with E-state index >= 15 is 0 Å². The first kappa shape index (κ1) is 11.5. The molecule has 0 bridgehead atoms. The third-order valence-electron chi connectivity index (χ3n) is 2.28. The number of rotatable bonds is 6. The molecule has 0 heterocycles. The molecule has 0 saturated heterocycles. The van der Waals surface area contributed by atoms with Crippen molar-refractivity contribution in [2.45, 2.75) is 44.5 Å². The smallest absolute Gasteiger partial charge is 0.323 e. The molecule has 1 atom stereocenters. The van der Waals surface area contributed by atoms with Crippen LogP contribution >= 0.6 is 0 Å². The van der Waals surface area contributed by atoms with Crippen molar-refractivity contribution in [3.05, 3.63) is 0 Å². The highest BCUT2D eigenvalue weighted by Crippen LogP contribution is 2.16. The molecule has 0 aliphatic heterocycles. The summed E-state index contributed by atoms with van der Waals surface area (Å²) in [6.07, 6.45) is 4.16. The average Bonchev–Trinajstić information content (AvgIpc) is 2.04. The van der Waals surface area contributed by atoms with Gasteiger partial charge in [0.05, 0.1) is 0 Å². The Kier molecular flexibility index (Phi) is 4.98. The quantitative estimate of drug-likeness (QED) is 0.449. The van der Waals surface area contributed by atoms with Crippen molar-refractivity contribution in [3.63, 3.8) is 0 Å². The van der Waals surface area contributed by atoms with Crippen LogP contribution < -0.4 is 5.73 Å². The number of carbonyl (C=O) groups is 1. The highest BCUT2D eigenvalue weighted by Gasteiger charge is 2.30. The van der Waals surface area contributed by atoms with E-state index in [1.54, 1.807) is 0 Å². The number of unbranched alkanes of at least 4 members (excludes halogenated alkanes) is 1. The lowest BCUT2D eigenvalue weighted by atomic mass is 9.89. The summed E-state index contributed by atoms with van der Waals surface area (Å²) in [5.74, 6) is -0.874. The zero-order valence-electron chi connectivity index (χ0n) is 7.97. The number of hydrogen-bond donors (Lipinski definition) is 2. The summed E-state index contributed by atoms with van der Waals surface area (Å²) in [6, 6.07) is 0. The molecule has 0 radical (unpaired) electrons. The van der Waals surface area contributed by atoms with E-state index in [1.807, 2.05) is 6.92 Å². The summed E-state index contributed by atoms with van der Waals surface area (Å²) in [5.41, 5.74) is 4.69. The second-order valence-corrected chi connectivity index (χ2v) is 3.27. The van der Waals surface area contributed by atoms with Gasteiger partial charge in [0.1, 0.15) is 13.4 Å². The topological polar surface area (TPSA) is 63.3 Å². The van der Waals surface area contributed by atoms with Gasteiger partial charge >= 0.3 is 5.97 Å². The Labute approximate surface area is 74.7 Å². The molecule has 0 aliphatic carbocycles. The zero-order chi connectivity index (χ0) is 9.61. The first-order chi connectivity index (χ1) is 5.56. The second kappa shape index (κ2) is 5.20. The van der Waals surface area contributed by atoms with E-state index in [9.17, 15) is 4.79 Å². The van der Waals surface area contributed by atoms with Crippen molar-refractivity contribution < 1.29 is 9.90 Å². The lowest BCUT2D eigenvalue weighted by molar-refractivity contribution is -0.143. The van der Waals surface area contributed by atoms with Crippen LogP contribution in [0.3, 0.4) is 0 Å². The van der Waals surface area contributed by atoms with E-state index < -0.39 is 11.5 Å². The van der Waals surface area contributed by atoms with Crippen LogP contribution in [0.2, 0.25) is 6.32 Å². The Bertz CT molecular complexity index is 152. The Morgan fingerprint density at radius 1 is 1.58 bits per heavy atom. The van der Waals surface area contributed by atoms with Crippen molar-refractivity contribution in [2.75, 3.05) is 0 Å². The molecule has 0 rings (SSSR count). The fourth-order valence-electron chi connectivity index (χ4n) is 1.13. The number of hydrogen-bond acceptors (Lipinski definition) is 2. The van der Waals surface area contributed by atoms with Crippen LogP contribution in [-0.2, 0) is 4.79 Å². The molecule has 0 fully saturated rings. The summed E-state index contributed by atoms with van der Waals surface area (Å²) in [5, 5.41) is 8.81. The fourth-order valence-corrected chi connectivity index (χ4v) is 1.13. The van der Waals surface area contributed by atoms with Crippen LogP contribution in [0.15, 0.2) is 0 Å². The minimum absolute atomic E-state index is 0.506. The molecular weight excluding hydrogens is 153 g/mol. The van der Waals surface area contributed by atoms with E-state index in [2.05, 4.69) is 7.85 Å². The van der Waals surface area contributed by atoms with E-state index in [0.717, 1.165) is 19.2 Å². The van der Waals surface area contributed by atoms with Crippen LogP contribution in [0.5, 0.6) is 0 Å². The fraction of sp³-hybridized carbons (Fsp3) is 0.875. The predicted octanol–water partition coefficient (Wildman–Crippen LogP) is 0.400. The maximum absolute atomic E-state index is 10.7. The van der Waals surface area contributed by atoms with Crippen molar-refractivity contribution in [1.29, 1.82) is 0 Å². The molecule has 70 valence electrons. The van der Waals surface area contributed by atoms with Crippen LogP contribution in [-0.4, -0.2) is 24.5 Å². The van der Waals surface area contributed by atoms with Gasteiger partial charge in [0.2, 0.25) is 0 Å². The number of nitrogens with two attached hydrogens (primary N) is 1. The van der Waals surface area contributed by atoms with Gasteiger partial charge in [-0.15, -0.1) is 0 Å². The Morgan fingerprint density at radius 2 is 2.17 bits per heavy atom. The molecule has 0 amide bonds. The molecule has 0 aromatic rings. The van der Waals surface area contributed by atoms with Gasteiger partial charge in [-0.3, -0.25) is 4.79 Å². The van der Waals surface area contributed by atoms with Gasteiger partial charge in [-0.05, 0) is 12.8 Å². The molecule has 0 aliphatic rings. The van der Waals surface area contributed by atoms with Crippen LogP contribution in [0.4, 0.5) is 0 Å². The van der Waals surface area contributed by atoms with Gasteiger partial charge in [-0.1, -0.05) is 26.1 Å². The first-order valence-corrected chi connectivity index (χ1v) is 4.59. The molecule has 4 heteroatoms. The highest BCUT2D eigenvalue weighted by molar-refractivity contribution is 6.08. The summed E-state index contributed by atoms with van der Waals surface area (Å²) in [6.45, 7) is 1.82. The minimum Gasteiger partial charge on any atom is -0.480 e. The normalized spacial score (nSPS) is 15.5. The predicted molar refractivity (Wildman–Crippen MR) is 52.0 cm³/mol. The molecule has 3 N–H and O–H groups in total. The van der Waals surface area contributed by atoms with Crippen molar-refractivity contribution in [1.82, 2.24) is 0 Å². The van der Waals surface area contributed by atoms with E-state index in [0.29, 0.717) is 12.8 Å². The third kappa shape index (κ3) is 3.26. The molecule has 0 aromatic heterocycles. The van der Waals surface area contributed by atoms with Crippen LogP contribution in [0.25, 0.3) is 0 Å². The summed E-state index contributed by atoms with van der Waals surface area (Å²) >= 11 is 0. The monoisotopic (exact) mass is 171 g/mol. The molecule has 0 unspecified atom stereocenters. The van der Waals surface area contributed by atoms with Crippen molar-refractivity contribution >= 4 is 13.8 Å². The number of carboxylic acid groups (broad SMARTS) is 1. The summed E-state index contributed by atoms with van der Waals surface area (Å²) in [4.78, 5) is 10.7. The van der Waals surface area contributed by atoms with Gasteiger partial charge in [0, 0.05) is 0 Å². The third-order valence-corrected chi connectivity index (χ3v) is 2.28. The van der Waals surface area contributed by atoms with Crippen LogP contribution in [0.1, 0.15) is 32.6 Å². The van der Waals surface area contributed by atoms with Gasteiger partial charge in [0.25, 0.3) is 0 Å². The second-order valence-electron chi connectivity index (χ2n) is 3.27. The molecule has 0 aromatic carbocycles. The van der Waals surface area contributed by atoms with E-state index in [4.69, 9.17) is 10.8 Å². The molecular formula is C8H18BNO2. The molecule has 3 nitrogen and oxygen atoms in total. The van der Waals surface area contributed by atoms with Gasteiger partial charge in [-0.25, -0.2) is 0 Å². The Morgan fingerprint density at radius 3 is 2.50 bits per heavy atom. The SMILES string of the molecule is BCCCC[C@@](N)(CC)C(=O)O. The minimum atomic E-state index is -0.991. The number of aliphatic carboxylic acids is 1. The first-order valence-electron chi connectivity index (χ1n) is 4.59. The van der Waals surface area contributed by atoms with Crippen molar-refractivity contribution in [2.24, 2.45) is 5.73 Å². The van der Waals surface area contributed by atoms with Gasteiger partial charge in [0.15, 0.2) is 0 Å². The van der Waals surface area contributed by atoms with Crippen molar-refractivity contribution in [3.8, 4) is 0 Å². The van der Waals surface area contributed by atoms with Gasteiger partial charge in [-0.2, -0.15) is 0 Å². The maximum Gasteiger partial charge on any atom is 0.323 e. The zero-order valence-corrected chi connectivity index (χ0v) is 7.97. The molecule has 0 saturated carbocycles. The van der Waals surface area contributed by atoms with E-state index in [1.165, 1.54) is 0 Å². The van der Waals surface area contributed by atoms with Crippen LogP contribution in [0, 0.1) is 0 Å². The average molecular weight is 171 g/mol. The lowest BCUT2D eigenvalue weighted by Crippen LogP contribution is -2.47. The largest absolute Gasteiger partial charge is 0.480 e.